The summed E-state index contributed by atoms with van der Waals surface area (Å²) in [5.41, 5.74) is 6.67. The molecule has 0 aliphatic rings. The molecule has 0 spiro atoms. The largest absolute Gasteiger partial charge is 0.468 e. The van der Waals surface area contributed by atoms with Crippen molar-refractivity contribution >= 4 is 5.97 Å². The highest BCUT2D eigenvalue weighted by Gasteiger charge is 2.23. The van der Waals surface area contributed by atoms with Crippen molar-refractivity contribution in [2.45, 2.75) is 32.9 Å². The molecule has 0 aromatic carbocycles. The van der Waals surface area contributed by atoms with Crippen LogP contribution in [0.4, 0.5) is 0 Å². The zero-order valence-corrected chi connectivity index (χ0v) is 9.52. The molecule has 0 amide bonds. The van der Waals surface area contributed by atoms with E-state index in [1.807, 2.05) is 31.5 Å². The maximum atomic E-state index is 11.3. The molecule has 2 atom stereocenters. The number of carbonyl (C=O) groups excluding carboxylic acids is 1. The van der Waals surface area contributed by atoms with Crippen molar-refractivity contribution in [3.8, 4) is 0 Å². The fraction of sp³-hybridized carbons (Fsp3) is 0.600. The van der Waals surface area contributed by atoms with E-state index in [9.17, 15) is 4.79 Å². The van der Waals surface area contributed by atoms with Gasteiger partial charge in [-0.05, 0) is 20.8 Å². The third-order valence-corrected chi connectivity index (χ3v) is 2.47. The van der Waals surface area contributed by atoms with Crippen LogP contribution in [0, 0.1) is 13.8 Å². The first-order chi connectivity index (χ1) is 6.97. The van der Waals surface area contributed by atoms with E-state index < -0.39 is 12.0 Å². The van der Waals surface area contributed by atoms with E-state index in [0.717, 1.165) is 11.5 Å². The molecule has 1 rings (SSSR count). The first-order valence-corrected chi connectivity index (χ1v) is 4.83. The number of methoxy groups -OCH3 is 1. The van der Waals surface area contributed by atoms with Gasteiger partial charge in [0.2, 0.25) is 0 Å². The van der Waals surface area contributed by atoms with Gasteiger partial charge in [0.15, 0.2) is 0 Å². The molecule has 0 bridgehead atoms. The minimum Gasteiger partial charge on any atom is -0.468 e. The molecule has 1 aromatic rings. The summed E-state index contributed by atoms with van der Waals surface area (Å²) in [6, 6.07) is -0.819. The second kappa shape index (κ2) is 4.44. The number of hydrogen-bond donors (Lipinski definition) is 1. The lowest BCUT2D eigenvalue weighted by Crippen LogP contribution is -2.39. The smallest absolute Gasteiger partial charge is 0.324 e. The van der Waals surface area contributed by atoms with Gasteiger partial charge in [-0.1, -0.05) is 0 Å². The average Bonchev–Trinajstić information content (AvgIpc) is 2.54. The number of hydrogen-bond acceptors (Lipinski definition) is 4. The predicted molar refractivity (Wildman–Crippen MR) is 56.4 cm³/mol. The normalized spacial score (nSPS) is 14.7. The molecule has 0 aliphatic carbocycles. The van der Waals surface area contributed by atoms with E-state index in [2.05, 4.69) is 9.72 Å². The van der Waals surface area contributed by atoms with Gasteiger partial charge in [0.1, 0.15) is 11.9 Å². The van der Waals surface area contributed by atoms with Gasteiger partial charge in [0.25, 0.3) is 0 Å². The lowest BCUT2D eigenvalue weighted by atomic mass is 10.1. The molecule has 1 heterocycles. The number of aromatic nitrogens is 2. The Bertz CT molecular complexity index is 360. The Morgan fingerprint density at radius 3 is 2.60 bits per heavy atom. The molecule has 1 aromatic heterocycles. The molecular formula is C10H17N3O2. The van der Waals surface area contributed by atoms with Gasteiger partial charge in [0.05, 0.1) is 18.8 Å². The van der Waals surface area contributed by atoms with Crippen LogP contribution in [0.15, 0.2) is 6.20 Å². The number of carbonyl (C=O) groups is 1. The summed E-state index contributed by atoms with van der Waals surface area (Å²) in [6.07, 6.45) is 1.88. The van der Waals surface area contributed by atoms with E-state index in [4.69, 9.17) is 5.73 Å². The number of aryl methyl sites for hydroxylation is 2. The Kier molecular flexibility index (Phi) is 3.47. The van der Waals surface area contributed by atoms with Crippen molar-refractivity contribution in [2.24, 2.45) is 5.73 Å². The summed E-state index contributed by atoms with van der Waals surface area (Å²) in [5.74, 6) is 0.438. The molecule has 5 heteroatoms. The third kappa shape index (κ3) is 2.36. The number of nitrogens with two attached hydrogens (primary N) is 1. The van der Waals surface area contributed by atoms with E-state index in [1.54, 1.807) is 0 Å². The predicted octanol–water partition coefficient (Wildman–Crippen LogP) is 0.561. The van der Waals surface area contributed by atoms with Crippen molar-refractivity contribution in [1.82, 2.24) is 9.55 Å². The highest BCUT2D eigenvalue weighted by atomic mass is 16.5. The summed E-state index contributed by atoms with van der Waals surface area (Å²) in [7, 11) is 1.33. The lowest BCUT2D eigenvalue weighted by Gasteiger charge is -2.20. The minimum atomic E-state index is -0.665. The van der Waals surface area contributed by atoms with Crippen LogP contribution in [0.3, 0.4) is 0 Å². The highest BCUT2D eigenvalue weighted by Crippen LogP contribution is 2.14. The molecule has 2 unspecified atom stereocenters. The van der Waals surface area contributed by atoms with Crippen molar-refractivity contribution in [3.05, 3.63) is 17.7 Å². The van der Waals surface area contributed by atoms with Crippen LogP contribution in [0.25, 0.3) is 0 Å². The second-order valence-electron chi connectivity index (χ2n) is 3.63. The fourth-order valence-electron chi connectivity index (χ4n) is 1.55. The number of rotatable bonds is 3. The first-order valence-electron chi connectivity index (χ1n) is 4.83. The Labute approximate surface area is 89.2 Å². The summed E-state index contributed by atoms with van der Waals surface area (Å²) >= 11 is 0. The molecule has 84 valence electrons. The van der Waals surface area contributed by atoms with Gasteiger partial charge in [0, 0.05) is 6.20 Å². The number of esters is 1. The van der Waals surface area contributed by atoms with Crippen molar-refractivity contribution in [1.29, 1.82) is 0 Å². The zero-order valence-electron chi connectivity index (χ0n) is 9.52. The highest BCUT2D eigenvalue weighted by molar-refractivity contribution is 5.75. The maximum absolute atomic E-state index is 11.3. The van der Waals surface area contributed by atoms with Gasteiger partial charge in [-0.25, -0.2) is 4.98 Å². The molecule has 2 N–H and O–H groups in total. The Morgan fingerprint density at radius 2 is 2.20 bits per heavy atom. The summed E-state index contributed by atoms with van der Waals surface area (Å²) in [6.45, 7) is 5.66. The summed E-state index contributed by atoms with van der Waals surface area (Å²) < 4.78 is 6.49. The van der Waals surface area contributed by atoms with Crippen LogP contribution in [0.5, 0.6) is 0 Å². The molecule has 5 nitrogen and oxygen atoms in total. The monoisotopic (exact) mass is 211 g/mol. The Balaban J connectivity index is 2.89. The number of ether oxygens (including phenoxy) is 1. The van der Waals surface area contributed by atoms with Gasteiger partial charge in [-0.3, -0.25) is 4.79 Å². The quantitative estimate of drug-likeness (QED) is 0.742. The maximum Gasteiger partial charge on any atom is 0.324 e. The SMILES string of the molecule is COC(=O)C(N)C(C)n1cc(C)nc1C. The number of imidazole rings is 1. The van der Waals surface area contributed by atoms with Crippen LogP contribution in [0.2, 0.25) is 0 Å². The molecule has 0 radical (unpaired) electrons. The van der Waals surface area contributed by atoms with Crippen molar-refractivity contribution < 1.29 is 9.53 Å². The van der Waals surface area contributed by atoms with Gasteiger partial charge in [-0.15, -0.1) is 0 Å². The lowest BCUT2D eigenvalue weighted by molar-refractivity contribution is -0.143. The Morgan fingerprint density at radius 1 is 1.60 bits per heavy atom. The number of nitrogens with zero attached hydrogens (tertiary/aromatic N) is 2. The second-order valence-corrected chi connectivity index (χ2v) is 3.63. The van der Waals surface area contributed by atoms with Crippen LogP contribution >= 0.6 is 0 Å². The van der Waals surface area contributed by atoms with E-state index in [0.29, 0.717) is 0 Å². The van der Waals surface area contributed by atoms with Crippen molar-refractivity contribution in [3.63, 3.8) is 0 Å². The molecule has 0 fully saturated rings. The van der Waals surface area contributed by atoms with E-state index in [1.165, 1.54) is 7.11 Å². The molecule has 0 aliphatic heterocycles. The van der Waals surface area contributed by atoms with Crippen LogP contribution in [-0.2, 0) is 9.53 Å². The zero-order chi connectivity index (χ0) is 11.6. The topological polar surface area (TPSA) is 70.1 Å². The first kappa shape index (κ1) is 11.7. The molecule has 0 saturated heterocycles. The fourth-order valence-corrected chi connectivity index (χ4v) is 1.55. The van der Waals surface area contributed by atoms with Crippen LogP contribution in [0.1, 0.15) is 24.5 Å². The van der Waals surface area contributed by atoms with Gasteiger partial charge in [-0.2, -0.15) is 0 Å². The third-order valence-electron chi connectivity index (χ3n) is 2.47. The standard InChI is InChI=1S/C10H17N3O2/c1-6-5-13(8(3)12-6)7(2)9(11)10(14)15-4/h5,7,9H,11H2,1-4H3. The summed E-state index contributed by atoms with van der Waals surface area (Å²) in [5, 5.41) is 0. The van der Waals surface area contributed by atoms with E-state index >= 15 is 0 Å². The molecule has 15 heavy (non-hydrogen) atoms. The van der Waals surface area contributed by atoms with Gasteiger partial charge < -0.3 is 15.0 Å². The molecular weight excluding hydrogens is 194 g/mol. The Hall–Kier alpha value is -1.36. The van der Waals surface area contributed by atoms with Crippen LogP contribution < -0.4 is 5.73 Å². The minimum absolute atomic E-state index is 0.154. The summed E-state index contributed by atoms with van der Waals surface area (Å²) in [4.78, 5) is 15.5. The van der Waals surface area contributed by atoms with Crippen molar-refractivity contribution in [2.75, 3.05) is 7.11 Å². The van der Waals surface area contributed by atoms with Gasteiger partial charge >= 0.3 is 5.97 Å². The van der Waals surface area contributed by atoms with E-state index in [-0.39, 0.29) is 6.04 Å². The average molecular weight is 211 g/mol. The molecule has 0 saturated carbocycles. The van der Waals surface area contributed by atoms with Crippen LogP contribution in [-0.4, -0.2) is 28.7 Å².